The van der Waals surface area contributed by atoms with Gasteiger partial charge in [-0.2, -0.15) is 5.10 Å². The molecule has 0 bridgehead atoms. The molecule has 1 atom stereocenters. The molecule has 2 rings (SSSR count). The van der Waals surface area contributed by atoms with Crippen molar-refractivity contribution in [2.45, 2.75) is 13.0 Å². The largest absolute Gasteiger partial charge is 0.479 e. The third kappa shape index (κ3) is 6.88. The number of hydrogen-bond acceptors (Lipinski definition) is 4. The van der Waals surface area contributed by atoms with E-state index in [0.717, 1.165) is 0 Å². The predicted octanol–water partition coefficient (Wildman–Crippen LogP) is 3.17. The van der Waals surface area contributed by atoms with Gasteiger partial charge >= 0.3 is 0 Å². The lowest BCUT2D eigenvalue weighted by atomic mass is 10.2. The second kappa shape index (κ2) is 9.89. The van der Waals surface area contributed by atoms with Crippen molar-refractivity contribution >= 4 is 41.2 Å². The lowest BCUT2D eigenvalue weighted by molar-refractivity contribution is -0.130. The first-order chi connectivity index (χ1) is 12.8. The van der Waals surface area contributed by atoms with Gasteiger partial charge in [0.15, 0.2) is 6.10 Å². The van der Waals surface area contributed by atoms with Gasteiger partial charge in [0.2, 0.25) is 0 Å². The second-order valence-electron chi connectivity index (χ2n) is 5.40. The van der Waals surface area contributed by atoms with Gasteiger partial charge in [-0.3, -0.25) is 9.59 Å². The Labute approximate surface area is 165 Å². The van der Waals surface area contributed by atoms with Crippen LogP contribution >= 0.6 is 23.2 Å². The summed E-state index contributed by atoms with van der Waals surface area (Å²) in [6.45, 7) is 1.23. The zero-order valence-electron chi connectivity index (χ0n) is 14.2. The SMILES string of the molecule is C[C@H](Oc1ccc(Cl)cc1Cl)C(=O)NCC(=O)N/N=C\c1ccc(F)cc1. The van der Waals surface area contributed by atoms with Gasteiger partial charge < -0.3 is 10.1 Å². The summed E-state index contributed by atoms with van der Waals surface area (Å²) in [4.78, 5) is 23.7. The van der Waals surface area contributed by atoms with Crippen molar-refractivity contribution in [1.82, 2.24) is 10.7 Å². The molecule has 6 nitrogen and oxygen atoms in total. The second-order valence-corrected chi connectivity index (χ2v) is 6.24. The van der Waals surface area contributed by atoms with Crippen LogP contribution in [0.25, 0.3) is 0 Å². The molecule has 27 heavy (non-hydrogen) atoms. The van der Waals surface area contributed by atoms with Gasteiger partial charge in [-0.1, -0.05) is 35.3 Å². The molecule has 0 fully saturated rings. The zero-order chi connectivity index (χ0) is 19.8. The first-order valence-electron chi connectivity index (χ1n) is 7.82. The van der Waals surface area contributed by atoms with Gasteiger partial charge in [0.1, 0.15) is 11.6 Å². The Bertz CT molecular complexity index is 844. The number of halogens is 3. The summed E-state index contributed by atoms with van der Waals surface area (Å²) < 4.78 is 18.2. The minimum atomic E-state index is -0.876. The fourth-order valence-corrected chi connectivity index (χ4v) is 2.35. The molecular weight excluding hydrogens is 396 g/mol. The summed E-state index contributed by atoms with van der Waals surface area (Å²) in [6, 6.07) is 10.2. The highest BCUT2D eigenvalue weighted by Crippen LogP contribution is 2.28. The van der Waals surface area contributed by atoms with Gasteiger partial charge in [0.25, 0.3) is 11.8 Å². The number of nitrogens with one attached hydrogen (secondary N) is 2. The number of benzene rings is 2. The molecule has 2 aromatic rings. The number of hydrogen-bond donors (Lipinski definition) is 2. The van der Waals surface area contributed by atoms with Crippen LogP contribution in [0.3, 0.4) is 0 Å². The highest BCUT2D eigenvalue weighted by atomic mass is 35.5. The van der Waals surface area contributed by atoms with Crippen LogP contribution < -0.4 is 15.5 Å². The minimum Gasteiger partial charge on any atom is -0.479 e. The monoisotopic (exact) mass is 411 g/mol. The maximum absolute atomic E-state index is 12.8. The van der Waals surface area contributed by atoms with E-state index in [1.807, 2.05) is 0 Å². The van der Waals surface area contributed by atoms with Crippen LogP contribution in [0.1, 0.15) is 12.5 Å². The summed E-state index contributed by atoms with van der Waals surface area (Å²) in [5.41, 5.74) is 2.86. The van der Waals surface area contributed by atoms with Crippen molar-refractivity contribution in [3.63, 3.8) is 0 Å². The molecule has 142 valence electrons. The van der Waals surface area contributed by atoms with Crippen molar-refractivity contribution in [1.29, 1.82) is 0 Å². The quantitative estimate of drug-likeness (QED) is 0.542. The van der Waals surface area contributed by atoms with Crippen LogP contribution in [0.2, 0.25) is 10.0 Å². The Balaban J connectivity index is 1.76. The summed E-state index contributed by atoms with van der Waals surface area (Å²) in [5.74, 6) is -1.09. The maximum atomic E-state index is 12.8. The van der Waals surface area contributed by atoms with Gasteiger partial charge in [0, 0.05) is 5.02 Å². The number of rotatable bonds is 7. The third-order valence-corrected chi connectivity index (χ3v) is 3.79. The number of carbonyl (C=O) groups is 2. The maximum Gasteiger partial charge on any atom is 0.261 e. The van der Waals surface area contributed by atoms with Crippen LogP contribution in [-0.2, 0) is 9.59 Å². The smallest absolute Gasteiger partial charge is 0.261 e. The molecule has 0 saturated carbocycles. The fraction of sp³-hybridized carbons (Fsp3) is 0.167. The fourth-order valence-electron chi connectivity index (χ4n) is 1.89. The standard InChI is InChI=1S/C18H16Cl2FN3O3/c1-11(27-16-7-4-13(19)8-15(16)20)18(26)22-10-17(25)24-23-9-12-2-5-14(21)6-3-12/h2-9,11H,10H2,1H3,(H,22,26)(H,24,25)/b23-9-/t11-/m0/s1. The Morgan fingerprint density at radius 1 is 1.22 bits per heavy atom. The van der Waals surface area contributed by atoms with E-state index in [1.54, 1.807) is 12.1 Å². The molecule has 0 saturated heterocycles. The normalized spacial score (nSPS) is 11.9. The van der Waals surface area contributed by atoms with E-state index in [2.05, 4.69) is 15.8 Å². The van der Waals surface area contributed by atoms with Gasteiger partial charge in [-0.25, -0.2) is 9.82 Å². The Morgan fingerprint density at radius 3 is 2.59 bits per heavy atom. The molecule has 0 unspecified atom stereocenters. The first-order valence-corrected chi connectivity index (χ1v) is 8.57. The molecule has 0 aliphatic rings. The van der Waals surface area contributed by atoms with Crippen molar-refractivity contribution in [2.75, 3.05) is 6.54 Å². The lowest BCUT2D eigenvalue weighted by Gasteiger charge is -2.15. The summed E-state index contributed by atoms with van der Waals surface area (Å²) >= 11 is 11.8. The highest BCUT2D eigenvalue weighted by molar-refractivity contribution is 6.35. The van der Waals surface area contributed by atoms with Crippen LogP contribution in [0, 0.1) is 5.82 Å². The van der Waals surface area contributed by atoms with Crippen molar-refractivity contribution in [3.8, 4) is 5.75 Å². The third-order valence-electron chi connectivity index (χ3n) is 3.26. The van der Waals surface area contributed by atoms with Gasteiger partial charge in [-0.05, 0) is 42.8 Å². The van der Waals surface area contributed by atoms with Crippen LogP contribution in [0.15, 0.2) is 47.6 Å². The van der Waals surface area contributed by atoms with E-state index in [9.17, 15) is 14.0 Å². The number of ether oxygens (including phenoxy) is 1. The summed E-state index contributed by atoms with van der Waals surface area (Å²) in [7, 11) is 0. The molecule has 9 heteroatoms. The van der Waals surface area contributed by atoms with Gasteiger partial charge in [0.05, 0.1) is 17.8 Å². The number of amides is 2. The number of hydrazone groups is 1. The molecule has 0 aromatic heterocycles. The summed E-state index contributed by atoms with van der Waals surface area (Å²) in [5, 5.41) is 6.86. The highest BCUT2D eigenvalue weighted by Gasteiger charge is 2.17. The average Bonchev–Trinajstić information content (AvgIpc) is 2.63. The predicted molar refractivity (Wildman–Crippen MR) is 102 cm³/mol. The minimum absolute atomic E-state index is 0.273. The van der Waals surface area contributed by atoms with E-state index >= 15 is 0 Å². The Hall–Kier alpha value is -2.64. The van der Waals surface area contributed by atoms with E-state index in [-0.39, 0.29) is 17.4 Å². The zero-order valence-corrected chi connectivity index (χ0v) is 15.7. The first kappa shape index (κ1) is 20.7. The van der Waals surface area contributed by atoms with Crippen molar-refractivity contribution in [2.24, 2.45) is 5.10 Å². The molecule has 2 amide bonds. The van der Waals surface area contributed by atoms with E-state index < -0.39 is 17.9 Å². The molecule has 0 radical (unpaired) electrons. The Morgan fingerprint density at radius 2 is 1.93 bits per heavy atom. The summed E-state index contributed by atoms with van der Waals surface area (Å²) in [6.07, 6.45) is 0.479. The van der Waals surface area contributed by atoms with Gasteiger partial charge in [-0.15, -0.1) is 0 Å². The molecule has 0 aliphatic heterocycles. The van der Waals surface area contributed by atoms with E-state index in [4.69, 9.17) is 27.9 Å². The number of nitrogens with zero attached hydrogens (tertiary/aromatic N) is 1. The molecule has 2 N–H and O–H groups in total. The number of carbonyl (C=O) groups excluding carboxylic acids is 2. The van der Waals surface area contributed by atoms with Crippen LogP contribution in [-0.4, -0.2) is 30.7 Å². The molecule has 0 spiro atoms. The Kier molecular flexibility index (Phi) is 7.57. The van der Waals surface area contributed by atoms with E-state index in [1.165, 1.54) is 43.5 Å². The molecule has 2 aromatic carbocycles. The topological polar surface area (TPSA) is 79.8 Å². The molecular formula is C18H16Cl2FN3O3. The average molecular weight is 412 g/mol. The molecule has 0 heterocycles. The lowest BCUT2D eigenvalue weighted by Crippen LogP contribution is -2.41. The van der Waals surface area contributed by atoms with Crippen LogP contribution in [0.4, 0.5) is 4.39 Å². The van der Waals surface area contributed by atoms with E-state index in [0.29, 0.717) is 16.3 Å². The van der Waals surface area contributed by atoms with Crippen LogP contribution in [0.5, 0.6) is 5.75 Å². The molecule has 0 aliphatic carbocycles. The van der Waals surface area contributed by atoms with Crippen molar-refractivity contribution < 1.29 is 18.7 Å². The van der Waals surface area contributed by atoms with Crippen molar-refractivity contribution in [3.05, 3.63) is 63.9 Å².